The van der Waals surface area contributed by atoms with Gasteiger partial charge >= 0.3 is 0 Å². The van der Waals surface area contributed by atoms with Gasteiger partial charge < -0.3 is 9.52 Å². The Morgan fingerprint density at radius 1 is 1.35 bits per heavy atom. The molecule has 2 heterocycles. The molecule has 6 heteroatoms. The Kier molecular flexibility index (Phi) is 2.35. The average molecular weight is 250 g/mol. The second kappa shape index (κ2) is 3.87. The van der Waals surface area contributed by atoms with Crippen molar-refractivity contribution in [1.29, 1.82) is 0 Å². The Hall–Kier alpha value is -1.85. The summed E-state index contributed by atoms with van der Waals surface area (Å²) in [4.78, 5) is 3.88. The maximum absolute atomic E-state index is 9.99. The van der Waals surface area contributed by atoms with Crippen molar-refractivity contribution in [3.05, 3.63) is 47.2 Å². The van der Waals surface area contributed by atoms with Crippen molar-refractivity contribution in [2.24, 2.45) is 0 Å². The number of H-pyrrole nitrogens is 1. The van der Waals surface area contributed by atoms with E-state index in [2.05, 4.69) is 15.2 Å². The van der Waals surface area contributed by atoms with E-state index in [0.29, 0.717) is 22.2 Å². The van der Waals surface area contributed by atoms with Crippen molar-refractivity contribution in [1.82, 2.24) is 15.2 Å². The highest BCUT2D eigenvalue weighted by Gasteiger charge is 2.18. The Bertz CT molecular complexity index is 648. The summed E-state index contributed by atoms with van der Waals surface area (Å²) < 4.78 is 5.51. The molecule has 0 amide bonds. The molecule has 0 radical (unpaired) electrons. The highest BCUT2D eigenvalue weighted by atomic mass is 35.5. The topological polar surface area (TPSA) is 74.9 Å². The molecule has 0 fully saturated rings. The fraction of sp³-hybridized carbons (Fsp3) is 0.0909. The predicted molar refractivity (Wildman–Crippen MR) is 61.7 cm³/mol. The molecule has 0 aliphatic heterocycles. The summed E-state index contributed by atoms with van der Waals surface area (Å²) in [5.74, 6) is 0.745. The number of hydrogen-bond donors (Lipinski definition) is 2. The van der Waals surface area contributed by atoms with Crippen molar-refractivity contribution in [2.45, 2.75) is 6.10 Å². The van der Waals surface area contributed by atoms with Crippen LogP contribution < -0.4 is 0 Å². The van der Waals surface area contributed by atoms with Crippen molar-refractivity contribution >= 4 is 22.6 Å². The molecule has 0 saturated heterocycles. The minimum absolute atomic E-state index is 0.343. The van der Waals surface area contributed by atoms with Gasteiger partial charge in [-0.2, -0.15) is 5.10 Å². The second-order valence-corrected chi connectivity index (χ2v) is 4.04. The normalized spacial score (nSPS) is 13.1. The zero-order valence-corrected chi connectivity index (χ0v) is 9.35. The molecule has 1 aromatic carbocycles. The van der Waals surface area contributed by atoms with Gasteiger partial charge in [0.05, 0.1) is 0 Å². The molecule has 0 spiro atoms. The van der Waals surface area contributed by atoms with Gasteiger partial charge in [0.2, 0.25) is 0 Å². The van der Waals surface area contributed by atoms with Crippen molar-refractivity contribution in [2.75, 3.05) is 0 Å². The van der Waals surface area contributed by atoms with Gasteiger partial charge in [-0.1, -0.05) is 11.6 Å². The fourth-order valence-corrected chi connectivity index (χ4v) is 1.83. The molecular weight excluding hydrogens is 242 g/mol. The number of aliphatic hydroxyl groups excluding tert-OH is 1. The van der Waals surface area contributed by atoms with Gasteiger partial charge in [-0.25, -0.2) is 4.98 Å². The van der Waals surface area contributed by atoms with Crippen LogP contribution in [0.25, 0.3) is 11.0 Å². The van der Waals surface area contributed by atoms with Crippen LogP contribution in [0.5, 0.6) is 0 Å². The first kappa shape index (κ1) is 10.3. The third-order valence-electron chi connectivity index (χ3n) is 2.46. The Balaban J connectivity index is 2.06. The molecule has 0 saturated carbocycles. The number of aromatic nitrogens is 3. The second-order valence-electron chi connectivity index (χ2n) is 3.60. The van der Waals surface area contributed by atoms with Crippen LogP contribution in [-0.4, -0.2) is 20.3 Å². The lowest BCUT2D eigenvalue weighted by molar-refractivity contribution is 0.183. The lowest BCUT2D eigenvalue weighted by Gasteiger charge is -2.01. The van der Waals surface area contributed by atoms with Gasteiger partial charge in [0.1, 0.15) is 17.7 Å². The molecule has 86 valence electrons. The largest absolute Gasteiger partial charge is 0.458 e. The van der Waals surface area contributed by atoms with E-state index in [-0.39, 0.29) is 0 Å². The highest BCUT2D eigenvalue weighted by Crippen LogP contribution is 2.28. The van der Waals surface area contributed by atoms with E-state index in [1.54, 1.807) is 24.3 Å². The number of nitrogens with one attached hydrogen (secondary N) is 1. The predicted octanol–water partition coefficient (Wildman–Crippen LogP) is 2.29. The smallest absolute Gasteiger partial charge is 0.171 e. The number of hydrogen-bond acceptors (Lipinski definition) is 4. The van der Waals surface area contributed by atoms with Crippen molar-refractivity contribution < 1.29 is 9.52 Å². The number of benzene rings is 1. The first-order valence-corrected chi connectivity index (χ1v) is 5.34. The van der Waals surface area contributed by atoms with Gasteiger partial charge in [0.15, 0.2) is 11.9 Å². The summed E-state index contributed by atoms with van der Waals surface area (Å²) in [6.07, 6.45) is 0.376. The first-order chi connectivity index (χ1) is 8.24. The van der Waals surface area contributed by atoms with Crippen LogP contribution >= 0.6 is 11.6 Å². The number of halogens is 1. The number of fused-ring (bicyclic) bond motifs is 1. The first-order valence-electron chi connectivity index (χ1n) is 4.96. The maximum atomic E-state index is 9.99. The number of aromatic amines is 1. The molecule has 0 aliphatic carbocycles. The molecule has 2 N–H and O–H groups in total. The molecule has 2 aromatic heterocycles. The SMILES string of the molecule is OC(c1ncn[nH]1)c1cc2cc(Cl)ccc2o1. The lowest BCUT2D eigenvalue weighted by atomic mass is 10.2. The molecule has 1 unspecified atom stereocenters. The third-order valence-corrected chi connectivity index (χ3v) is 2.69. The van der Waals surface area contributed by atoms with E-state index in [4.69, 9.17) is 16.0 Å². The van der Waals surface area contributed by atoms with E-state index < -0.39 is 6.10 Å². The Morgan fingerprint density at radius 3 is 3.00 bits per heavy atom. The number of rotatable bonds is 2. The van der Waals surface area contributed by atoms with Crippen LogP contribution in [0.15, 0.2) is 35.0 Å². The van der Waals surface area contributed by atoms with Crippen LogP contribution in [-0.2, 0) is 0 Å². The van der Waals surface area contributed by atoms with Crippen LogP contribution in [0, 0.1) is 0 Å². The Morgan fingerprint density at radius 2 is 2.24 bits per heavy atom. The molecule has 3 rings (SSSR count). The molecule has 0 aliphatic rings. The minimum atomic E-state index is -0.955. The summed E-state index contributed by atoms with van der Waals surface area (Å²) >= 11 is 5.87. The molecule has 3 aromatic rings. The summed E-state index contributed by atoms with van der Waals surface area (Å²) in [5, 5.41) is 17.7. The van der Waals surface area contributed by atoms with Crippen LogP contribution in [0.3, 0.4) is 0 Å². The van der Waals surface area contributed by atoms with E-state index in [0.717, 1.165) is 5.39 Å². The summed E-state index contributed by atoms with van der Waals surface area (Å²) in [6, 6.07) is 7.00. The molecular formula is C11H8ClN3O2. The van der Waals surface area contributed by atoms with E-state index in [9.17, 15) is 5.11 Å². The Labute approximate surface area is 101 Å². The molecule has 17 heavy (non-hydrogen) atoms. The lowest BCUT2D eigenvalue weighted by Crippen LogP contribution is -2.00. The quantitative estimate of drug-likeness (QED) is 0.731. The van der Waals surface area contributed by atoms with E-state index in [1.807, 2.05) is 0 Å². The highest BCUT2D eigenvalue weighted by molar-refractivity contribution is 6.31. The van der Waals surface area contributed by atoms with Gasteiger partial charge in [-0.05, 0) is 24.3 Å². The number of nitrogens with zero attached hydrogens (tertiary/aromatic N) is 2. The minimum Gasteiger partial charge on any atom is -0.458 e. The number of aliphatic hydroxyl groups is 1. The van der Waals surface area contributed by atoms with E-state index >= 15 is 0 Å². The zero-order valence-electron chi connectivity index (χ0n) is 8.59. The summed E-state index contributed by atoms with van der Waals surface area (Å²) in [6.45, 7) is 0. The van der Waals surface area contributed by atoms with Crippen LogP contribution in [0.1, 0.15) is 17.7 Å². The molecule has 1 atom stereocenters. The summed E-state index contributed by atoms with van der Waals surface area (Å²) in [7, 11) is 0. The third kappa shape index (κ3) is 1.79. The maximum Gasteiger partial charge on any atom is 0.171 e. The standard InChI is InChI=1S/C11H8ClN3O2/c12-7-1-2-8-6(3-7)4-9(17-8)10(16)11-13-5-14-15-11/h1-5,10,16H,(H,13,14,15). The van der Waals surface area contributed by atoms with Crippen molar-refractivity contribution in [3.63, 3.8) is 0 Å². The van der Waals surface area contributed by atoms with Crippen LogP contribution in [0.2, 0.25) is 5.02 Å². The van der Waals surface area contributed by atoms with Gasteiger partial charge in [0.25, 0.3) is 0 Å². The molecule has 5 nitrogen and oxygen atoms in total. The van der Waals surface area contributed by atoms with Gasteiger partial charge in [-0.3, -0.25) is 5.10 Å². The average Bonchev–Trinajstić information content (AvgIpc) is 2.96. The van der Waals surface area contributed by atoms with Gasteiger partial charge in [-0.15, -0.1) is 0 Å². The monoisotopic (exact) mass is 249 g/mol. The zero-order chi connectivity index (χ0) is 11.8. The van der Waals surface area contributed by atoms with E-state index in [1.165, 1.54) is 6.33 Å². The van der Waals surface area contributed by atoms with Crippen molar-refractivity contribution in [3.8, 4) is 0 Å². The molecule has 0 bridgehead atoms. The fourth-order valence-electron chi connectivity index (χ4n) is 1.65. The summed E-state index contributed by atoms with van der Waals surface area (Å²) in [5.41, 5.74) is 0.669. The van der Waals surface area contributed by atoms with Gasteiger partial charge in [0, 0.05) is 10.4 Å². The number of furan rings is 1. The van der Waals surface area contributed by atoms with Crippen LogP contribution in [0.4, 0.5) is 0 Å².